The summed E-state index contributed by atoms with van der Waals surface area (Å²) in [6.07, 6.45) is 0. The van der Waals surface area contributed by atoms with Gasteiger partial charge in [-0.3, -0.25) is 0 Å². The molecule has 0 aliphatic rings. The number of benzene rings is 1. The van der Waals surface area contributed by atoms with E-state index in [-0.39, 0.29) is 10.8 Å². The van der Waals surface area contributed by atoms with Crippen LogP contribution in [0, 0.1) is 5.82 Å². The third-order valence-corrected chi connectivity index (χ3v) is 3.75. The van der Waals surface area contributed by atoms with Gasteiger partial charge in [0.15, 0.2) is 5.65 Å². The van der Waals surface area contributed by atoms with Crippen molar-refractivity contribution in [1.29, 1.82) is 0 Å². The third kappa shape index (κ3) is 2.71. The van der Waals surface area contributed by atoms with Crippen molar-refractivity contribution in [2.75, 3.05) is 11.9 Å². The average molecular weight is 321 g/mol. The summed E-state index contributed by atoms with van der Waals surface area (Å²) in [7, 11) is 0. The molecule has 0 bridgehead atoms. The number of halogens is 2. The number of hydrogen-bond donors (Lipinski definition) is 1. The SMILES string of the molecule is CC(C)(CNc1ccc2nnnn2n1)c1cccc(Cl)c1F. The number of fused-ring (bicyclic) bond motifs is 1. The van der Waals surface area contributed by atoms with Gasteiger partial charge in [0.25, 0.3) is 0 Å². The monoisotopic (exact) mass is 320 g/mol. The molecule has 114 valence electrons. The average Bonchev–Trinajstić information content (AvgIpc) is 2.95. The van der Waals surface area contributed by atoms with Gasteiger partial charge in [0.1, 0.15) is 11.6 Å². The van der Waals surface area contributed by atoms with Crippen molar-refractivity contribution in [1.82, 2.24) is 25.3 Å². The first-order valence-corrected chi connectivity index (χ1v) is 7.09. The maximum Gasteiger partial charge on any atom is 0.200 e. The zero-order valence-corrected chi connectivity index (χ0v) is 12.8. The molecule has 6 nitrogen and oxygen atoms in total. The minimum Gasteiger partial charge on any atom is -0.368 e. The highest BCUT2D eigenvalue weighted by molar-refractivity contribution is 6.30. The van der Waals surface area contributed by atoms with Gasteiger partial charge < -0.3 is 5.32 Å². The van der Waals surface area contributed by atoms with Crippen molar-refractivity contribution in [3.8, 4) is 0 Å². The van der Waals surface area contributed by atoms with Crippen LogP contribution >= 0.6 is 11.6 Å². The highest BCUT2D eigenvalue weighted by Crippen LogP contribution is 2.29. The predicted molar refractivity (Wildman–Crippen MR) is 81.5 cm³/mol. The summed E-state index contributed by atoms with van der Waals surface area (Å²) in [6, 6.07) is 8.55. The highest BCUT2D eigenvalue weighted by Gasteiger charge is 2.25. The molecule has 0 radical (unpaired) electrons. The lowest BCUT2D eigenvalue weighted by molar-refractivity contribution is 0.503. The van der Waals surface area contributed by atoms with Crippen LogP contribution in [0.4, 0.5) is 10.2 Å². The van der Waals surface area contributed by atoms with Crippen molar-refractivity contribution in [3.63, 3.8) is 0 Å². The predicted octanol–water partition coefficient (Wildman–Crippen LogP) is 2.70. The maximum absolute atomic E-state index is 14.2. The Balaban J connectivity index is 1.80. The summed E-state index contributed by atoms with van der Waals surface area (Å²) < 4.78 is 15.5. The zero-order chi connectivity index (χ0) is 15.7. The molecule has 0 saturated heterocycles. The van der Waals surface area contributed by atoms with Crippen molar-refractivity contribution in [2.45, 2.75) is 19.3 Å². The number of nitrogens with one attached hydrogen (secondary N) is 1. The van der Waals surface area contributed by atoms with Gasteiger partial charge in [-0.15, -0.1) is 14.8 Å². The zero-order valence-electron chi connectivity index (χ0n) is 12.1. The second-order valence-corrected chi connectivity index (χ2v) is 5.99. The van der Waals surface area contributed by atoms with Crippen molar-refractivity contribution in [2.24, 2.45) is 0 Å². The van der Waals surface area contributed by atoms with Gasteiger partial charge in [-0.25, -0.2) is 4.39 Å². The molecule has 0 atom stereocenters. The Morgan fingerprint density at radius 1 is 1.27 bits per heavy atom. The first kappa shape index (κ1) is 14.6. The summed E-state index contributed by atoms with van der Waals surface area (Å²) in [5, 5.41) is 18.6. The fraction of sp³-hybridized carbons (Fsp3) is 0.286. The first-order chi connectivity index (χ1) is 10.5. The smallest absolute Gasteiger partial charge is 0.200 e. The summed E-state index contributed by atoms with van der Waals surface area (Å²) in [4.78, 5) is 0. The molecule has 0 unspecified atom stereocenters. The summed E-state index contributed by atoms with van der Waals surface area (Å²) in [6.45, 7) is 4.35. The van der Waals surface area contributed by atoms with E-state index < -0.39 is 5.41 Å². The largest absolute Gasteiger partial charge is 0.368 e. The third-order valence-electron chi connectivity index (χ3n) is 3.46. The number of rotatable bonds is 4. The van der Waals surface area contributed by atoms with Crippen LogP contribution in [-0.4, -0.2) is 31.8 Å². The molecule has 0 saturated carbocycles. The number of tetrazole rings is 1. The maximum atomic E-state index is 14.2. The molecule has 0 amide bonds. The molecule has 3 rings (SSSR count). The quantitative estimate of drug-likeness (QED) is 0.800. The number of hydrogen-bond acceptors (Lipinski definition) is 5. The fourth-order valence-electron chi connectivity index (χ4n) is 2.18. The van der Waals surface area contributed by atoms with E-state index in [1.165, 1.54) is 10.7 Å². The van der Waals surface area contributed by atoms with Gasteiger partial charge in [-0.2, -0.15) is 0 Å². The van der Waals surface area contributed by atoms with Crippen LogP contribution in [0.1, 0.15) is 19.4 Å². The molecule has 0 spiro atoms. The first-order valence-electron chi connectivity index (χ1n) is 6.71. The fourth-order valence-corrected chi connectivity index (χ4v) is 2.35. The minimum atomic E-state index is -0.466. The topological polar surface area (TPSA) is 68.0 Å². The molecule has 0 aliphatic carbocycles. The summed E-state index contributed by atoms with van der Waals surface area (Å²) in [5.74, 6) is 0.218. The number of anilines is 1. The van der Waals surface area contributed by atoms with Crippen LogP contribution in [-0.2, 0) is 5.41 Å². The lowest BCUT2D eigenvalue weighted by Gasteiger charge is -2.26. The molecule has 1 N–H and O–H groups in total. The van der Waals surface area contributed by atoms with Crippen molar-refractivity contribution < 1.29 is 4.39 Å². The molecule has 2 heterocycles. The van der Waals surface area contributed by atoms with Crippen LogP contribution in [0.25, 0.3) is 5.65 Å². The van der Waals surface area contributed by atoms with E-state index in [1.54, 1.807) is 24.3 Å². The highest BCUT2D eigenvalue weighted by atomic mass is 35.5. The van der Waals surface area contributed by atoms with Gasteiger partial charge in [-0.05, 0) is 34.2 Å². The van der Waals surface area contributed by atoms with E-state index in [9.17, 15) is 4.39 Å². The van der Waals surface area contributed by atoms with Gasteiger partial charge in [0, 0.05) is 12.0 Å². The molecule has 3 aromatic rings. The lowest BCUT2D eigenvalue weighted by Crippen LogP contribution is -2.29. The van der Waals surface area contributed by atoms with Gasteiger partial charge in [0.2, 0.25) is 0 Å². The van der Waals surface area contributed by atoms with E-state index >= 15 is 0 Å². The van der Waals surface area contributed by atoms with E-state index in [0.29, 0.717) is 23.6 Å². The number of aromatic nitrogens is 5. The van der Waals surface area contributed by atoms with Crippen LogP contribution < -0.4 is 5.32 Å². The Hall–Kier alpha value is -2.28. The summed E-state index contributed by atoms with van der Waals surface area (Å²) >= 11 is 5.86. The Bertz CT molecular complexity index is 816. The molecule has 0 aliphatic heterocycles. The standard InChI is InChI=1S/C14H14ClFN6/c1-14(2,9-4-3-5-10(15)13(9)16)8-17-11-6-7-12-18-20-21-22(12)19-11/h3-7H,8H2,1-2H3,(H,17,19). The Kier molecular flexibility index (Phi) is 3.66. The Morgan fingerprint density at radius 3 is 2.91 bits per heavy atom. The van der Waals surface area contributed by atoms with E-state index in [2.05, 4.69) is 25.9 Å². The van der Waals surface area contributed by atoms with Gasteiger partial charge in [-0.1, -0.05) is 37.6 Å². The number of nitrogens with zero attached hydrogens (tertiary/aromatic N) is 5. The molecule has 2 aromatic heterocycles. The molecule has 1 aromatic carbocycles. The van der Waals surface area contributed by atoms with E-state index in [0.717, 1.165) is 0 Å². The van der Waals surface area contributed by atoms with Crippen LogP contribution in [0.5, 0.6) is 0 Å². The molecule has 8 heteroatoms. The van der Waals surface area contributed by atoms with Crippen LogP contribution in [0.2, 0.25) is 5.02 Å². The van der Waals surface area contributed by atoms with Gasteiger partial charge in [0.05, 0.1) is 5.02 Å². The lowest BCUT2D eigenvalue weighted by atomic mass is 9.84. The molecule has 0 fully saturated rings. The van der Waals surface area contributed by atoms with Crippen molar-refractivity contribution >= 4 is 23.1 Å². The van der Waals surface area contributed by atoms with Crippen LogP contribution in [0.3, 0.4) is 0 Å². The second kappa shape index (κ2) is 5.49. The normalized spacial score (nSPS) is 11.8. The van der Waals surface area contributed by atoms with E-state index in [4.69, 9.17) is 11.6 Å². The Labute approximate surface area is 131 Å². The molecular weight excluding hydrogens is 307 g/mol. The summed E-state index contributed by atoms with van der Waals surface area (Å²) in [5.41, 5.74) is 0.647. The molecular formula is C14H14ClFN6. The van der Waals surface area contributed by atoms with Crippen molar-refractivity contribution in [3.05, 3.63) is 46.7 Å². The second-order valence-electron chi connectivity index (χ2n) is 5.58. The Morgan fingerprint density at radius 2 is 2.09 bits per heavy atom. The molecule has 22 heavy (non-hydrogen) atoms. The van der Waals surface area contributed by atoms with E-state index in [1.807, 2.05) is 13.8 Å². The van der Waals surface area contributed by atoms with Crippen LogP contribution in [0.15, 0.2) is 30.3 Å². The van der Waals surface area contributed by atoms with Gasteiger partial charge >= 0.3 is 0 Å². The minimum absolute atomic E-state index is 0.124.